The number of carbonyl (C=O) groups excluding carboxylic acids is 1. The van der Waals surface area contributed by atoms with E-state index in [1.54, 1.807) is 0 Å². The molecule has 0 aliphatic carbocycles. The maximum atomic E-state index is 11.1. The van der Waals surface area contributed by atoms with Crippen molar-refractivity contribution in [1.82, 2.24) is 5.43 Å². The molecule has 4 nitrogen and oxygen atoms in total. The van der Waals surface area contributed by atoms with Crippen LogP contribution in [0.5, 0.6) is 0 Å². The van der Waals surface area contributed by atoms with Crippen LogP contribution in [0.4, 0.5) is 5.69 Å². The summed E-state index contributed by atoms with van der Waals surface area (Å²) in [6, 6.07) is 2.99. The molecule has 0 aliphatic rings. The van der Waals surface area contributed by atoms with E-state index in [1.807, 2.05) is 5.43 Å². The van der Waals surface area contributed by atoms with Crippen molar-refractivity contribution in [3.05, 3.63) is 27.7 Å². The summed E-state index contributed by atoms with van der Waals surface area (Å²) in [5, 5.41) is 0.360. The predicted molar refractivity (Wildman–Crippen MR) is 52.5 cm³/mol. The average Bonchev–Trinajstić information content (AvgIpc) is 2.12. The van der Waals surface area contributed by atoms with Crippen LogP contribution in [0, 0.1) is 0 Å². The molecule has 5 N–H and O–H groups in total. The van der Waals surface area contributed by atoms with Crippen molar-refractivity contribution in [3.8, 4) is 0 Å². The van der Waals surface area contributed by atoms with Crippen LogP contribution in [0.2, 0.25) is 10.0 Å². The SMILES string of the molecule is NNC(=O)c1c(N)ccc(Cl)c1Cl. The van der Waals surface area contributed by atoms with Gasteiger partial charge in [-0.3, -0.25) is 10.2 Å². The van der Waals surface area contributed by atoms with E-state index < -0.39 is 5.91 Å². The van der Waals surface area contributed by atoms with Gasteiger partial charge in [0.25, 0.3) is 5.91 Å². The minimum absolute atomic E-state index is 0.0941. The number of amides is 1. The molecule has 1 amide bonds. The number of nitrogen functional groups attached to an aromatic ring is 2. The third-order valence-electron chi connectivity index (χ3n) is 1.49. The molecular weight excluding hydrogens is 213 g/mol. The summed E-state index contributed by atoms with van der Waals surface area (Å²) < 4.78 is 0. The molecule has 70 valence electrons. The molecule has 13 heavy (non-hydrogen) atoms. The van der Waals surface area contributed by atoms with Crippen molar-refractivity contribution in [2.45, 2.75) is 0 Å². The van der Waals surface area contributed by atoms with Crippen LogP contribution in [0.25, 0.3) is 0 Å². The van der Waals surface area contributed by atoms with E-state index in [-0.39, 0.29) is 21.3 Å². The average molecular weight is 220 g/mol. The summed E-state index contributed by atoms with van der Waals surface area (Å²) in [6.45, 7) is 0. The van der Waals surface area contributed by atoms with E-state index in [2.05, 4.69) is 0 Å². The standard InChI is InChI=1S/C7H7Cl2N3O/c8-3-1-2-4(10)5(6(3)9)7(13)12-11/h1-2H,10-11H2,(H,12,13). The lowest BCUT2D eigenvalue weighted by Gasteiger charge is -2.06. The molecule has 0 bridgehead atoms. The maximum absolute atomic E-state index is 11.1. The topological polar surface area (TPSA) is 81.1 Å². The number of anilines is 1. The van der Waals surface area contributed by atoms with Crippen LogP contribution < -0.4 is 17.0 Å². The molecule has 0 saturated heterocycles. The second-order valence-corrected chi connectivity index (χ2v) is 3.08. The molecule has 0 radical (unpaired) electrons. The number of hydrogen-bond acceptors (Lipinski definition) is 3. The number of nitrogens with two attached hydrogens (primary N) is 2. The smallest absolute Gasteiger partial charge is 0.268 e. The summed E-state index contributed by atoms with van der Waals surface area (Å²) >= 11 is 11.4. The first-order chi connectivity index (χ1) is 6.07. The normalized spacial score (nSPS) is 9.77. The van der Waals surface area contributed by atoms with Crippen LogP contribution in [0.1, 0.15) is 10.4 Å². The number of hydrogen-bond donors (Lipinski definition) is 3. The molecule has 0 saturated carbocycles. The number of nitrogens with one attached hydrogen (secondary N) is 1. The Bertz CT molecular complexity index is 354. The first-order valence-electron chi connectivity index (χ1n) is 3.32. The minimum Gasteiger partial charge on any atom is -0.398 e. The zero-order valence-electron chi connectivity index (χ0n) is 6.47. The third-order valence-corrected chi connectivity index (χ3v) is 2.29. The van der Waals surface area contributed by atoms with Gasteiger partial charge in [0, 0.05) is 5.69 Å². The van der Waals surface area contributed by atoms with Crippen molar-refractivity contribution < 1.29 is 4.79 Å². The van der Waals surface area contributed by atoms with E-state index in [0.29, 0.717) is 0 Å². The van der Waals surface area contributed by atoms with Crippen LogP contribution in [0.15, 0.2) is 12.1 Å². The second kappa shape index (κ2) is 3.83. The summed E-state index contributed by atoms with van der Waals surface area (Å²) in [7, 11) is 0. The number of benzene rings is 1. The van der Waals surface area contributed by atoms with Gasteiger partial charge in [-0.15, -0.1) is 0 Å². The molecule has 0 fully saturated rings. The lowest BCUT2D eigenvalue weighted by atomic mass is 10.1. The molecule has 0 unspecified atom stereocenters. The lowest BCUT2D eigenvalue weighted by molar-refractivity contribution is 0.0954. The molecular formula is C7H7Cl2N3O. The summed E-state index contributed by atoms with van der Waals surface area (Å²) in [5.41, 5.74) is 7.76. The van der Waals surface area contributed by atoms with Crippen molar-refractivity contribution in [1.29, 1.82) is 0 Å². The van der Waals surface area contributed by atoms with Gasteiger partial charge >= 0.3 is 0 Å². The van der Waals surface area contributed by atoms with E-state index >= 15 is 0 Å². The van der Waals surface area contributed by atoms with Crippen molar-refractivity contribution in [2.24, 2.45) is 5.84 Å². The first-order valence-corrected chi connectivity index (χ1v) is 4.08. The minimum atomic E-state index is -0.565. The third kappa shape index (κ3) is 1.85. The monoisotopic (exact) mass is 219 g/mol. The quantitative estimate of drug-likeness (QED) is 0.287. The first kappa shape index (κ1) is 10.1. The Morgan fingerprint density at radius 3 is 2.54 bits per heavy atom. The summed E-state index contributed by atoms with van der Waals surface area (Å²) in [4.78, 5) is 11.1. The van der Waals surface area contributed by atoms with Crippen LogP contribution in [-0.4, -0.2) is 5.91 Å². The molecule has 1 aromatic carbocycles. The highest BCUT2D eigenvalue weighted by Gasteiger charge is 2.15. The van der Waals surface area contributed by atoms with Gasteiger partial charge < -0.3 is 5.73 Å². The van der Waals surface area contributed by atoms with E-state index in [0.717, 1.165) is 0 Å². The molecule has 6 heteroatoms. The Hall–Kier alpha value is -0.970. The molecule has 0 atom stereocenters. The van der Waals surface area contributed by atoms with E-state index in [1.165, 1.54) is 12.1 Å². The van der Waals surface area contributed by atoms with Gasteiger partial charge in [-0.25, -0.2) is 5.84 Å². The fourth-order valence-electron chi connectivity index (χ4n) is 0.869. The Kier molecular flexibility index (Phi) is 2.98. The van der Waals surface area contributed by atoms with Gasteiger partial charge in [0.05, 0.1) is 15.6 Å². The summed E-state index contributed by atoms with van der Waals surface area (Å²) in [5.74, 6) is 4.37. The van der Waals surface area contributed by atoms with Crippen LogP contribution in [-0.2, 0) is 0 Å². The Morgan fingerprint density at radius 2 is 2.00 bits per heavy atom. The highest BCUT2D eigenvalue weighted by molar-refractivity contribution is 6.44. The van der Waals surface area contributed by atoms with Gasteiger partial charge in [-0.05, 0) is 12.1 Å². The summed E-state index contributed by atoms with van der Waals surface area (Å²) in [6.07, 6.45) is 0. The van der Waals surface area contributed by atoms with Gasteiger partial charge in [0.15, 0.2) is 0 Å². The fraction of sp³-hybridized carbons (Fsp3) is 0. The lowest BCUT2D eigenvalue weighted by Crippen LogP contribution is -2.30. The molecule has 0 spiro atoms. The highest BCUT2D eigenvalue weighted by Crippen LogP contribution is 2.29. The number of rotatable bonds is 1. The zero-order valence-corrected chi connectivity index (χ0v) is 7.99. The number of halogens is 2. The highest BCUT2D eigenvalue weighted by atomic mass is 35.5. The number of hydrazine groups is 1. The number of carbonyl (C=O) groups is 1. The van der Waals surface area contributed by atoms with Gasteiger partial charge in [-0.1, -0.05) is 23.2 Å². The van der Waals surface area contributed by atoms with Crippen LogP contribution in [0.3, 0.4) is 0 Å². The predicted octanol–water partition coefficient (Wildman–Crippen LogP) is 1.18. The molecule has 1 rings (SSSR count). The Labute approximate surface area is 84.8 Å². The zero-order chi connectivity index (χ0) is 10.0. The second-order valence-electron chi connectivity index (χ2n) is 2.30. The maximum Gasteiger partial charge on any atom is 0.268 e. The fourth-order valence-corrected chi connectivity index (χ4v) is 1.28. The van der Waals surface area contributed by atoms with Gasteiger partial charge in [-0.2, -0.15) is 0 Å². The molecule has 1 aromatic rings. The van der Waals surface area contributed by atoms with Crippen molar-refractivity contribution >= 4 is 34.8 Å². The Morgan fingerprint density at radius 1 is 1.38 bits per heavy atom. The van der Waals surface area contributed by atoms with Crippen molar-refractivity contribution in [3.63, 3.8) is 0 Å². The van der Waals surface area contributed by atoms with E-state index in [9.17, 15) is 4.79 Å². The molecule has 0 heterocycles. The molecule has 0 aliphatic heterocycles. The largest absolute Gasteiger partial charge is 0.398 e. The molecule has 0 aromatic heterocycles. The van der Waals surface area contributed by atoms with E-state index in [4.69, 9.17) is 34.8 Å². The van der Waals surface area contributed by atoms with Crippen LogP contribution >= 0.6 is 23.2 Å². The van der Waals surface area contributed by atoms with Crippen molar-refractivity contribution in [2.75, 3.05) is 5.73 Å². The Balaban J connectivity index is 3.33. The van der Waals surface area contributed by atoms with Gasteiger partial charge in [0.1, 0.15) is 0 Å². The van der Waals surface area contributed by atoms with Gasteiger partial charge in [0.2, 0.25) is 0 Å².